The molecule has 0 saturated heterocycles. The van der Waals surface area contributed by atoms with E-state index in [-0.39, 0.29) is 28.1 Å². The van der Waals surface area contributed by atoms with Gasteiger partial charge in [-0.3, -0.25) is 4.79 Å². The first-order valence-corrected chi connectivity index (χ1v) is 8.00. The van der Waals surface area contributed by atoms with Gasteiger partial charge in [0.25, 0.3) is 5.91 Å². The van der Waals surface area contributed by atoms with Crippen LogP contribution in [-0.4, -0.2) is 30.0 Å². The zero-order chi connectivity index (χ0) is 18.9. The summed E-state index contributed by atoms with van der Waals surface area (Å²) in [6, 6.07) is 5.67. The van der Waals surface area contributed by atoms with Crippen molar-refractivity contribution < 1.29 is 9.90 Å². The Morgan fingerprint density at radius 3 is 1.79 bits per heavy atom. The summed E-state index contributed by atoms with van der Waals surface area (Å²) in [7, 11) is 3.23. The van der Waals surface area contributed by atoms with Gasteiger partial charge in [0.2, 0.25) is 0 Å². The van der Waals surface area contributed by atoms with Crippen LogP contribution >= 0.6 is 0 Å². The number of rotatable bonds is 2. The van der Waals surface area contributed by atoms with Crippen molar-refractivity contribution in [2.24, 2.45) is 0 Å². The van der Waals surface area contributed by atoms with Crippen LogP contribution in [0, 0.1) is 11.3 Å². The van der Waals surface area contributed by atoms with Crippen LogP contribution in [0.15, 0.2) is 17.7 Å². The predicted octanol–water partition coefficient (Wildman–Crippen LogP) is 3.98. The minimum atomic E-state index is -0.333. The molecule has 4 heteroatoms. The van der Waals surface area contributed by atoms with Crippen LogP contribution < -0.4 is 0 Å². The third-order valence-electron chi connectivity index (χ3n) is 3.82. The summed E-state index contributed by atoms with van der Waals surface area (Å²) < 4.78 is 0. The largest absolute Gasteiger partial charge is 0.507 e. The van der Waals surface area contributed by atoms with Crippen molar-refractivity contribution in [2.45, 2.75) is 52.4 Å². The number of nitrogens with zero attached hydrogens (tertiary/aromatic N) is 2. The van der Waals surface area contributed by atoms with Gasteiger partial charge in [0.05, 0.1) is 0 Å². The van der Waals surface area contributed by atoms with Crippen molar-refractivity contribution in [3.05, 3.63) is 34.4 Å². The van der Waals surface area contributed by atoms with Crippen LogP contribution in [0.2, 0.25) is 0 Å². The molecule has 0 aromatic heterocycles. The zero-order valence-electron chi connectivity index (χ0n) is 16.0. The van der Waals surface area contributed by atoms with Gasteiger partial charge in [0.1, 0.15) is 17.4 Å². The van der Waals surface area contributed by atoms with E-state index in [1.165, 1.54) is 4.90 Å². The number of aromatic hydroxyl groups is 1. The fraction of sp³-hybridized carbons (Fsp3) is 0.500. The molecular weight excluding hydrogens is 300 g/mol. The smallest absolute Gasteiger partial charge is 0.264 e. The Morgan fingerprint density at radius 2 is 1.50 bits per heavy atom. The molecule has 0 atom stereocenters. The molecule has 0 spiro atoms. The molecule has 0 saturated carbocycles. The summed E-state index contributed by atoms with van der Waals surface area (Å²) >= 11 is 0. The van der Waals surface area contributed by atoms with Crippen LogP contribution in [0.4, 0.5) is 0 Å². The Kier molecular flexibility index (Phi) is 5.50. The summed E-state index contributed by atoms with van der Waals surface area (Å²) in [6.45, 7) is 12.2. The van der Waals surface area contributed by atoms with Crippen molar-refractivity contribution in [1.82, 2.24) is 4.90 Å². The molecule has 4 nitrogen and oxygen atoms in total. The third kappa shape index (κ3) is 4.38. The number of hydrogen-bond acceptors (Lipinski definition) is 3. The molecule has 1 aromatic rings. The Balaban J connectivity index is 3.67. The lowest BCUT2D eigenvalue weighted by molar-refractivity contribution is -0.124. The van der Waals surface area contributed by atoms with Gasteiger partial charge in [-0.2, -0.15) is 5.26 Å². The molecule has 1 N–H and O–H groups in total. The molecule has 1 aromatic carbocycles. The van der Waals surface area contributed by atoms with Gasteiger partial charge in [0, 0.05) is 25.2 Å². The molecule has 130 valence electrons. The number of phenolic OH excluding ortho intramolecular Hbond substituents is 1. The van der Waals surface area contributed by atoms with E-state index in [4.69, 9.17) is 0 Å². The molecule has 0 unspecified atom stereocenters. The second-order valence-corrected chi connectivity index (χ2v) is 8.33. The highest BCUT2D eigenvalue weighted by Crippen LogP contribution is 2.40. The van der Waals surface area contributed by atoms with Gasteiger partial charge in [-0.1, -0.05) is 41.5 Å². The number of nitriles is 1. The SMILES string of the molecule is CN(C)C(=O)/C(C#N)=C\c1cc(C(C)(C)C)c(O)c(C(C)(C)C)c1. The van der Waals surface area contributed by atoms with E-state index >= 15 is 0 Å². The summed E-state index contributed by atoms with van der Waals surface area (Å²) in [5.74, 6) is -0.0511. The number of likely N-dealkylation sites (N-methyl/N-ethyl adjacent to an activating group) is 1. The highest BCUT2D eigenvalue weighted by Gasteiger charge is 2.26. The monoisotopic (exact) mass is 328 g/mol. The van der Waals surface area contributed by atoms with E-state index in [1.54, 1.807) is 20.2 Å². The third-order valence-corrected chi connectivity index (χ3v) is 3.82. The van der Waals surface area contributed by atoms with Crippen LogP contribution in [0.25, 0.3) is 6.08 Å². The summed E-state index contributed by atoms with van der Waals surface area (Å²) in [6.07, 6.45) is 1.59. The summed E-state index contributed by atoms with van der Waals surface area (Å²) in [4.78, 5) is 13.5. The first kappa shape index (κ1) is 19.8. The number of carbonyl (C=O) groups excluding carboxylic acids is 1. The van der Waals surface area contributed by atoms with E-state index in [0.29, 0.717) is 0 Å². The van der Waals surface area contributed by atoms with Gasteiger partial charge in [-0.25, -0.2) is 0 Å². The molecule has 0 aliphatic carbocycles. The fourth-order valence-corrected chi connectivity index (χ4v) is 2.43. The quantitative estimate of drug-likeness (QED) is 0.659. The molecule has 0 heterocycles. The average molecular weight is 328 g/mol. The maximum atomic E-state index is 12.1. The fourth-order valence-electron chi connectivity index (χ4n) is 2.43. The van der Waals surface area contributed by atoms with E-state index < -0.39 is 0 Å². The molecule has 24 heavy (non-hydrogen) atoms. The lowest BCUT2D eigenvalue weighted by Crippen LogP contribution is -2.23. The van der Waals surface area contributed by atoms with Crippen LogP contribution in [0.3, 0.4) is 0 Å². The van der Waals surface area contributed by atoms with Gasteiger partial charge < -0.3 is 10.0 Å². The molecular formula is C20H28N2O2. The topological polar surface area (TPSA) is 64.3 Å². The number of phenols is 1. The van der Waals surface area contributed by atoms with Crippen molar-refractivity contribution in [2.75, 3.05) is 14.1 Å². The molecule has 0 fully saturated rings. The van der Waals surface area contributed by atoms with Crippen LogP contribution in [0.5, 0.6) is 5.75 Å². The van der Waals surface area contributed by atoms with Gasteiger partial charge in [-0.15, -0.1) is 0 Å². The maximum Gasteiger partial charge on any atom is 0.264 e. The lowest BCUT2D eigenvalue weighted by atomic mass is 9.78. The predicted molar refractivity (Wildman–Crippen MR) is 97.8 cm³/mol. The Morgan fingerprint density at radius 1 is 1.08 bits per heavy atom. The Labute approximate surface area is 145 Å². The summed E-state index contributed by atoms with van der Waals surface area (Å²) in [5.41, 5.74) is 1.91. The minimum absolute atomic E-state index is 0.0745. The Bertz CT molecular complexity index is 674. The van der Waals surface area contributed by atoms with Gasteiger partial charge in [-0.05, 0) is 34.6 Å². The first-order chi connectivity index (χ1) is 10.8. The molecule has 0 aliphatic heterocycles. The number of amides is 1. The molecule has 0 aliphatic rings. The van der Waals surface area contributed by atoms with Crippen molar-refractivity contribution in [1.29, 1.82) is 5.26 Å². The number of hydrogen-bond donors (Lipinski definition) is 1. The maximum absolute atomic E-state index is 12.1. The standard InChI is InChI=1S/C20H28N2O2/c1-19(2,3)15-10-13(9-14(12-21)18(24)22(7)8)11-16(17(15)23)20(4,5)6/h9-11,23H,1-8H3/b14-9-. The number of benzene rings is 1. The van der Waals surface area contributed by atoms with Crippen LogP contribution in [-0.2, 0) is 15.6 Å². The first-order valence-electron chi connectivity index (χ1n) is 8.00. The Hall–Kier alpha value is -2.28. The lowest BCUT2D eigenvalue weighted by Gasteiger charge is -2.28. The van der Waals surface area contributed by atoms with Crippen molar-refractivity contribution in [3.63, 3.8) is 0 Å². The van der Waals surface area contributed by atoms with Crippen molar-refractivity contribution in [3.8, 4) is 11.8 Å². The molecule has 1 amide bonds. The van der Waals surface area contributed by atoms with Crippen molar-refractivity contribution >= 4 is 12.0 Å². The average Bonchev–Trinajstić information content (AvgIpc) is 2.42. The normalized spacial score (nSPS) is 12.7. The summed E-state index contributed by atoms with van der Waals surface area (Å²) in [5, 5.41) is 20.0. The highest BCUT2D eigenvalue weighted by molar-refractivity contribution is 6.01. The van der Waals surface area contributed by atoms with Crippen LogP contribution in [0.1, 0.15) is 58.2 Å². The number of carbonyl (C=O) groups is 1. The minimum Gasteiger partial charge on any atom is -0.507 e. The second kappa shape index (κ2) is 6.68. The van der Waals surface area contributed by atoms with E-state index in [9.17, 15) is 15.2 Å². The van der Waals surface area contributed by atoms with E-state index in [2.05, 4.69) is 0 Å². The van der Waals surface area contributed by atoms with E-state index in [0.717, 1.165) is 16.7 Å². The zero-order valence-corrected chi connectivity index (χ0v) is 16.0. The van der Waals surface area contributed by atoms with Gasteiger partial charge >= 0.3 is 0 Å². The van der Waals surface area contributed by atoms with E-state index in [1.807, 2.05) is 59.7 Å². The molecule has 1 rings (SSSR count). The molecule has 0 bridgehead atoms. The highest BCUT2D eigenvalue weighted by atomic mass is 16.3. The van der Waals surface area contributed by atoms with Gasteiger partial charge in [0.15, 0.2) is 0 Å². The molecule has 0 radical (unpaired) electrons. The second-order valence-electron chi connectivity index (χ2n) is 8.33.